The Bertz CT molecular complexity index is 728. The largest absolute Gasteiger partial charge is 0.467 e. The lowest BCUT2D eigenvalue weighted by Crippen LogP contribution is -2.37. The Morgan fingerprint density at radius 2 is 2.00 bits per heavy atom. The number of carbonyl (C=O) groups is 1. The second-order valence-electron chi connectivity index (χ2n) is 6.06. The molecule has 128 valence electrons. The minimum absolute atomic E-state index is 0.163. The molecule has 2 aromatic rings. The van der Waals surface area contributed by atoms with Gasteiger partial charge in [0.25, 0.3) is 0 Å². The summed E-state index contributed by atoms with van der Waals surface area (Å²) < 4.78 is 4.99. The summed E-state index contributed by atoms with van der Waals surface area (Å²) in [5.74, 6) is 0.845. The van der Waals surface area contributed by atoms with Crippen molar-refractivity contribution in [1.82, 2.24) is 4.98 Å². The van der Waals surface area contributed by atoms with Crippen LogP contribution in [0, 0.1) is 0 Å². The molecule has 2 heterocycles. The Kier molecular flexibility index (Phi) is 4.88. The van der Waals surface area contributed by atoms with Crippen molar-refractivity contribution in [1.29, 1.82) is 0 Å². The van der Waals surface area contributed by atoms with E-state index in [1.807, 2.05) is 18.3 Å². The molecule has 0 bridgehead atoms. The third-order valence-corrected chi connectivity index (χ3v) is 4.85. The quantitative estimate of drug-likeness (QED) is 0.789. The van der Waals surface area contributed by atoms with Crippen molar-refractivity contribution in [2.75, 3.05) is 36.5 Å². The molecule has 1 aromatic heterocycles. The highest BCUT2D eigenvalue weighted by Crippen LogP contribution is 2.35. The Morgan fingerprint density at radius 1 is 1.29 bits per heavy atom. The zero-order valence-electron chi connectivity index (χ0n) is 14.7. The van der Waals surface area contributed by atoms with Crippen molar-refractivity contribution in [3.05, 3.63) is 30.5 Å². The fraction of sp³-hybridized carbons (Fsp3) is 0.474. The zero-order chi connectivity index (χ0) is 17.1. The minimum atomic E-state index is -0.209. The van der Waals surface area contributed by atoms with Crippen LogP contribution in [0.2, 0.25) is 0 Å². The number of fused-ring (bicyclic) bond motifs is 1. The fourth-order valence-corrected chi connectivity index (χ4v) is 3.60. The van der Waals surface area contributed by atoms with Crippen LogP contribution in [0.4, 0.5) is 11.5 Å². The monoisotopic (exact) mass is 327 g/mol. The van der Waals surface area contributed by atoms with E-state index in [-0.39, 0.29) is 12.0 Å². The number of aromatic nitrogens is 1. The highest BCUT2D eigenvalue weighted by atomic mass is 16.5. The minimum Gasteiger partial charge on any atom is -0.467 e. The van der Waals surface area contributed by atoms with Crippen LogP contribution in [0.3, 0.4) is 0 Å². The second kappa shape index (κ2) is 7.07. The molecule has 5 nitrogen and oxygen atoms in total. The van der Waals surface area contributed by atoms with Gasteiger partial charge in [-0.25, -0.2) is 9.78 Å². The van der Waals surface area contributed by atoms with Crippen molar-refractivity contribution in [3.8, 4) is 0 Å². The van der Waals surface area contributed by atoms with Gasteiger partial charge >= 0.3 is 5.97 Å². The molecule has 0 saturated carbocycles. The predicted octanol–water partition coefficient (Wildman–Crippen LogP) is 3.22. The molecule has 0 N–H and O–H groups in total. The number of hydrogen-bond donors (Lipinski definition) is 0. The van der Waals surface area contributed by atoms with E-state index in [0.29, 0.717) is 0 Å². The maximum Gasteiger partial charge on any atom is 0.328 e. The van der Waals surface area contributed by atoms with Crippen molar-refractivity contribution < 1.29 is 9.53 Å². The molecule has 24 heavy (non-hydrogen) atoms. The number of pyridine rings is 1. The summed E-state index contributed by atoms with van der Waals surface area (Å²) >= 11 is 0. The molecule has 1 aromatic carbocycles. The standard InChI is InChI=1S/C19H25N3O2/c1-4-21(5-2)18-15-10-7-6-9-14(15)17(13-20-18)22-12-8-11-16(22)19(23)24-3/h6-7,9-10,13,16H,4-5,8,11-12H2,1-3H3. The lowest BCUT2D eigenvalue weighted by Gasteiger charge is -2.28. The van der Waals surface area contributed by atoms with Gasteiger partial charge in [0.15, 0.2) is 0 Å². The van der Waals surface area contributed by atoms with Gasteiger partial charge in [0, 0.05) is 30.4 Å². The highest BCUT2D eigenvalue weighted by molar-refractivity contribution is 6.01. The fourth-order valence-electron chi connectivity index (χ4n) is 3.60. The van der Waals surface area contributed by atoms with Crippen LogP contribution in [0.15, 0.2) is 30.5 Å². The Morgan fingerprint density at radius 3 is 2.67 bits per heavy atom. The molecule has 1 atom stereocenters. The first kappa shape index (κ1) is 16.6. The van der Waals surface area contributed by atoms with Crippen LogP contribution in [0.25, 0.3) is 10.8 Å². The number of hydrogen-bond acceptors (Lipinski definition) is 5. The average molecular weight is 327 g/mol. The van der Waals surface area contributed by atoms with Crippen molar-refractivity contribution in [3.63, 3.8) is 0 Å². The Hall–Kier alpha value is -2.30. The Labute approximate surface area is 143 Å². The highest BCUT2D eigenvalue weighted by Gasteiger charge is 2.33. The molecule has 1 fully saturated rings. The third-order valence-electron chi connectivity index (χ3n) is 4.85. The number of ether oxygens (including phenoxy) is 1. The summed E-state index contributed by atoms with van der Waals surface area (Å²) in [5, 5.41) is 2.28. The molecule has 3 rings (SSSR count). The van der Waals surface area contributed by atoms with E-state index < -0.39 is 0 Å². The molecule has 0 amide bonds. The van der Waals surface area contributed by atoms with Crippen LogP contribution in [0.5, 0.6) is 0 Å². The summed E-state index contributed by atoms with van der Waals surface area (Å²) in [6, 6.07) is 8.11. The van der Waals surface area contributed by atoms with Gasteiger partial charge in [0.1, 0.15) is 11.9 Å². The maximum absolute atomic E-state index is 12.1. The molecule has 1 unspecified atom stereocenters. The lowest BCUT2D eigenvalue weighted by molar-refractivity contribution is -0.141. The van der Waals surface area contributed by atoms with Crippen LogP contribution < -0.4 is 9.80 Å². The van der Waals surface area contributed by atoms with Gasteiger partial charge in [-0.3, -0.25) is 0 Å². The molecule has 1 aliphatic heterocycles. The SMILES string of the molecule is CCN(CC)c1ncc(N2CCCC2C(=O)OC)c2ccccc12. The topological polar surface area (TPSA) is 45.7 Å². The van der Waals surface area contributed by atoms with Crippen molar-refractivity contribution in [2.24, 2.45) is 0 Å². The number of esters is 1. The number of methoxy groups -OCH3 is 1. The normalized spacial score (nSPS) is 17.3. The molecule has 0 spiro atoms. The summed E-state index contributed by atoms with van der Waals surface area (Å²) in [4.78, 5) is 21.3. The van der Waals surface area contributed by atoms with Crippen LogP contribution >= 0.6 is 0 Å². The van der Waals surface area contributed by atoms with Gasteiger partial charge in [-0.1, -0.05) is 24.3 Å². The van der Waals surface area contributed by atoms with E-state index in [0.717, 1.165) is 54.8 Å². The second-order valence-corrected chi connectivity index (χ2v) is 6.06. The molecular formula is C19H25N3O2. The van der Waals surface area contributed by atoms with Crippen LogP contribution in [-0.2, 0) is 9.53 Å². The van der Waals surface area contributed by atoms with E-state index in [9.17, 15) is 4.79 Å². The first-order valence-electron chi connectivity index (χ1n) is 8.68. The summed E-state index contributed by atoms with van der Waals surface area (Å²) in [7, 11) is 1.46. The number of benzene rings is 1. The summed E-state index contributed by atoms with van der Waals surface area (Å²) in [6.07, 6.45) is 3.74. The van der Waals surface area contributed by atoms with Gasteiger partial charge in [-0.15, -0.1) is 0 Å². The van der Waals surface area contributed by atoms with Gasteiger partial charge in [0.2, 0.25) is 0 Å². The zero-order valence-corrected chi connectivity index (χ0v) is 14.7. The van der Waals surface area contributed by atoms with E-state index >= 15 is 0 Å². The van der Waals surface area contributed by atoms with E-state index in [4.69, 9.17) is 9.72 Å². The number of rotatable bonds is 5. The van der Waals surface area contributed by atoms with E-state index in [1.165, 1.54) is 7.11 Å². The number of anilines is 2. The first-order valence-corrected chi connectivity index (χ1v) is 8.68. The Balaban J connectivity index is 2.10. The molecule has 1 saturated heterocycles. The molecule has 5 heteroatoms. The van der Waals surface area contributed by atoms with Gasteiger partial charge in [-0.2, -0.15) is 0 Å². The molecule has 0 radical (unpaired) electrons. The predicted molar refractivity (Wildman–Crippen MR) is 97.7 cm³/mol. The first-order chi connectivity index (χ1) is 11.7. The van der Waals surface area contributed by atoms with Gasteiger partial charge in [-0.05, 0) is 26.7 Å². The number of nitrogens with zero attached hydrogens (tertiary/aromatic N) is 3. The van der Waals surface area contributed by atoms with Crippen LogP contribution in [0.1, 0.15) is 26.7 Å². The number of carbonyl (C=O) groups excluding carboxylic acids is 1. The van der Waals surface area contributed by atoms with E-state index in [1.54, 1.807) is 0 Å². The summed E-state index contributed by atoms with van der Waals surface area (Å²) in [5.41, 5.74) is 1.02. The average Bonchev–Trinajstić information content (AvgIpc) is 3.11. The van der Waals surface area contributed by atoms with Gasteiger partial charge < -0.3 is 14.5 Å². The van der Waals surface area contributed by atoms with Crippen LogP contribution in [-0.4, -0.2) is 43.7 Å². The molecule has 0 aliphatic carbocycles. The molecular weight excluding hydrogens is 302 g/mol. The van der Waals surface area contributed by atoms with Gasteiger partial charge in [0.05, 0.1) is 19.0 Å². The van der Waals surface area contributed by atoms with Crippen molar-refractivity contribution >= 4 is 28.2 Å². The van der Waals surface area contributed by atoms with Crippen molar-refractivity contribution in [2.45, 2.75) is 32.7 Å². The smallest absolute Gasteiger partial charge is 0.328 e. The summed E-state index contributed by atoms with van der Waals surface area (Å²) in [6.45, 7) is 6.97. The lowest BCUT2D eigenvalue weighted by atomic mass is 10.1. The maximum atomic E-state index is 12.1. The third kappa shape index (κ3) is 2.79. The van der Waals surface area contributed by atoms with E-state index in [2.05, 4.69) is 35.8 Å². The molecule has 1 aliphatic rings.